The third-order valence-corrected chi connectivity index (χ3v) is 16.0. The zero-order valence-electron chi connectivity index (χ0n) is 54.3. The first-order chi connectivity index (χ1) is 40.0. The highest BCUT2D eigenvalue weighted by molar-refractivity contribution is 5.71. The SMILES string of the molecule is CC/C=C\C/C=C\C/C=C\C/C=C\C/C=C\CCCCCCCCCCCCCCCC(=O)OCC(COC(=O)CCCCCCCCCCCCCCCCC)OC(=O)CCCCCCCCCCCCCCCCCCCCC. The lowest BCUT2D eigenvalue weighted by Crippen LogP contribution is -2.30. The summed E-state index contributed by atoms with van der Waals surface area (Å²) >= 11 is 0. The maximum atomic E-state index is 13.0. The van der Waals surface area contributed by atoms with E-state index in [1.165, 1.54) is 250 Å². The van der Waals surface area contributed by atoms with Gasteiger partial charge in [0.25, 0.3) is 0 Å². The number of carbonyl (C=O) groups excluding carboxylic acids is 3. The zero-order chi connectivity index (χ0) is 58.5. The molecule has 0 amide bonds. The first-order valence-corrected chi connectivity index (χ1v) is 35.8. The van der Waals surface area contributed by atoms with E-state index in [4.69, 9.17) is 14.2 Å². The van der Waals surface area contributed by atoms with E-state index < -0.39 is 6.10 Å². The number of unbranched alkanes of at least 4 members (excludes halogenated alkanes) is 45. The Labute approximate surface area is 504 Å². The van der Waals surface area contributed by atoms with Crippen molar-refractivity contribution >= 4 is 17.9 Å². The Balaban J connectivity index is 4.24. The number of hydrogen-bond donors (Lipinski definition) is 0. The number of carbonyl (C=O) groups is 3. The summed E-state index contributed by atoms with van der Waals surface area (Å²) in [5.41, 5.74) is 0. The van der Waals surface area contributed by atoms with Crippen LogP contribution in [-0.2, 0) is 28.6 Å². The van der Waals surface area contributed by atoms with Crippen molar-refractivity contribution in [1.82, 2.24) is 0 Å². The number of hydrogen-bond acceptors (Lipinski definition) is 6. The van der Waals surface area contributed by atoms with Crippen LogP contribution in [0.5, 0.6) is 0 Å². The summed E-state index contributed by atoms with van der Waals surface area (Å²) in [7, 11) is 0. The standard InChI is InChI=1S/C75H136O6/c1-4-7-10-13-16-19-22-25-28-30-32-33-34-35-36-37-38-39-40-41-43-44-47-50-53-56-59-62-65-68-74(77)80-71-72(70-79-73(76)67-64-61-58-55-52-49-46-27-24-21-18-15-12-9-6-3)81-75(78)69-66-63-60-57-54-51-48-45-42-31-29-26-23-20-17-14-11-8-5-2/h7,10,16,19,25,28,32-33,35-36,72H,4-6,8-9,11-15,17-18,20-24,26-27,29-31,34,37-71H2,1-3H3/b10-7-,19-16-,28-25-,33-32-,36-35-. The molecule has 0 aromatic heterocycles. The second-order valence-corrected chi connectivity index (χ2v) is 24.1. The third kappa shape index (κ3) is 67.8. The largest absolute Gasteiger partial charge is 0.462 e. The topological polar surface area (TPSA) is 78.9 Å². The van der Waals surface area contributed by atoms with Crippen LogP contribution < -0.4 is 0 Å². The van der Waals surface area contributed by atoms with Crippen molar-refractivity contribution < 1.29 is 28.6 Å². The Kier molecular flexibility index (Phi) is 67.1. The van der Waals surface area contributed by atoms with E-state index >= 15 is 0 Å². The molecule has 0 spiro atoms. The molecule has 0 aliphatic carbocycles. The number of esters is 3. The predicted molar refractivity (Wildman–Crippen MR) is 353 cm³/mol. The Morgan fingerprint density at radius 3 is 0.753 bits per heavy atom. The van der Waals surface area contributed by atoms with Crippen LogP contribution in [0.15, 0.2) is 60.8 Å². The van der Waals surface area contributed by atoms with Gasteiger partial charge >= 0.3 is 17.9 Å². The number of ether oxygens (including phenoxy) is 3. The molecule has 0 heterocycles. The molecular weight excluding hydrogens is 997 g/mol. The fourth-order valence-corrected chi connectivity index (χ4v) is 10.7. The van der Waals surface area contributed by atoms with Gasteiger partial charge in [-0.3, -0.25) is 14.4 Å². The van der Waals surface area contributed by atoms with Crippen molar-refractivity contribution in [2.45, 2.75) is 386 Å². The Morgan fingerprint density at radius 2 is 0.481 bits per heavy atom. The maximum Gasteiger partial charge on any atom is 0.306 e. The highest BCUT2D eigenvalue weighted by Crippen LogP contribution is 2.18. The molecule has 0 fully saturated rings. The summed E-state index contributed by atoms with van der Waals surface area (Å²) in [6, 6.07) is 0. The monoisotopic (exact) mass is 1130 g/mol. The first kappa shape index (κ1) is 78.1. The molecule has 0 radical (unpaired) electrons. The highest BCUT2D eigenvalue weighted by Gasteiger charge is 2.19. The highest BCUT2D eigenvalue weighted by atomic mass is 16.6. The van der Waals surface area contributed by atoms with E-state index in [1.807, 2.05) is 0 Å². The lowest BCUT2D eigenvalue weighted by molar-refractivity contribution is -0.167. The van der Waals surface area contributed by atoms with Crippen molar-refractivity contribution in [3.8, 4) is 0 Å². The van der Waals surface area contributed by atoms with Gasteiger partial charge in [0.15, 0.2) is 6.10 Å². The van der Waals surface area contributed by atoms with Crippen LogP contribution in [0.2, 0.25) is 0 Å². The minimum Gasteiger partial charge on any atom is -0.462 e. The first-order valence-electron chi connectivity index (χ1n) is 35.8. The number of allylic oxidation sites excluding steroid dienone is 10. The molecule has 6 nitrogen and oxygen atoms in total. The summed E-state index contributed by atoms with van der Waals surface area (Å²) in [6.07, 6.45) is 89.6. The van der Waals surface area contributed by atoms with Gasteiger partial charge in [-0.2, -0.15) is 0 Å². The molecule has 1 unspecified atom stereocenters. The Bertz CT molecular complexity index is 1440. The molecule has 0 saturated carbocycles. The van der Waals surface area contributed by atoms with Crippen LogP contribution in [-0.4, -0.2) is 37.2 Å². The van der Waals surface area contributed by atoms with Gasteiger partial charge in [-0.25, -0.2) is 0 Å². The van der Waals surface area contributed by atoms with Crippen LogP contribution >= 0.6 is 0 Å². The van der Waals surface area contributed by atoms with Crippen LogP contribution in [0.3, 0.4) is 0 Å². The molecule has 0 bridgehead atoms. The molecule has 0 aliphatic rings. The molecule has 0 aromatic rings. The van der Waals surface area contributed by atoms with E-state index in [0.29, 0.717) is 19.3 Å². The van der Waals surface area contributed by atoms with Crippen molar-refractivity contribution in [2.24, 2.45) is 0 Å². The van der Waals surface area contributed by atoms with E-state index in [9.17, 15) is 14.4 Å². The molecular formula is C75H136O6. The molecule has 81 heavy (non-hydrogen) atoms. The van der Waals surface area contributed by atoms with Gasteiger partial charge in [0.2, 0.25) is 0 Å². The Morgan fingerprint density at radius 1 is 0.259 bits per heavy atom. The van der Waals surface area contributed by atoms with Gasteiger partial charge in [-0.15, -0.1) is 0 Å². The van der Waals surface area contributed by atoms with Gasteiger partial charge in [-0.05, 0) is 64.2 Å². The van der Waals surface area contributed by atoms with E-state index in [-0.39, 0.29) is 31.1 Å². The predicted octanol–water partition coefficient (Wildman–Crippen LogP) is 24.7. The van der Waals surface area contributed by atoms with Crippen molar-refractivity contribution in [2.75, 3.05) is 13.2 Å². The molecule has 0 aliphatic heterocycles. The minimum atomic E-state index is -0.771. The lowest BCUT2D eigenvalue weighted by Gasteiger charge is -2.18. The zero-order valence-corrected chi connectivity index (χ0v) is 54.3. The van der Waals surface area contributed by atoms with Gasteiger partial charge in [0.05, 0.1) is 0 Å². The summed E-state index contributed by atoms with van der Waals surface area (Å²) in [4.78, 5) is 38.5. The van der Waals surface area contributed by atoms with Crippen LogP contribution in [0, 0.1) is 0 Å². The normalized spacial score (nSPS) is 12.4. The Hall–Kier alpha value is -2.89. The molecule has 1 atom stereocenters. The molecule has 472 valence electrons. The quantitative estimate of drug-likeness (QED) is 0.0261. The van der Waals surface area contributed by atoms with Crippen LogP contribution in [0.25, 0.3) is 0 Å². The maximum absolute atomic E-state index is 13.0. The van der Waals surface area contributed by atoms with E-state index in [1.54, 1.807) is 0 Å². The van der Waals surface area contributed by atoms with Crippen molar-refractivity contribution in [3.63, 3.8) is 0 Å². The molecule has 0 rings (SSSR count). The molecule has 6 heteroatoms. The number of rotatable bonds is 66. The summed E-state index contributed by atoms with van der Waals surface area (Å²) in [6.45, 7) is 6.60. The summed E-state index contributed by atoms with van der Waals surface area (Å²) in [5, 5.41) is 0. The van der Waals surface area contributed by atoms with Crippen molar-refractivity contribution in [1.29, 1.82) is 0 Å². The summed E-state index contributed by atoms with van der Waals surface area (Å²) in [5.74, 6) is -0.839. The lowest BCUT2D eigenvalue weighted by atomic mass is 10.0. The third-order valence-electron chi connectivity index (χ3n) is 16.0. The van der Waals surface area contributed by atoms with E-state index in [0.717, 1.165) is 89.9 Å². The fourth-order valence-electron chi connectivity index (χ4n) is 10.7. The summed E-state index contributed by atoms with van der Waals surface area (Å²) < 4.78 is 17.0. The molecule has 0 N–H and O–H groups in total. The van der Waals surface area contributed by atoms with Gasteiger partial charge in [-0.1, -0.05) is 358 Å². The van der Waals surface area contributed by atoms with Gasteiger partial charge < -0.3 is 14.2 Å². The average molecular weight is 1130 g/mol. The van der Waals surface area contributed by atoms with Crippen molar-refractivity contribution in [3.05, 3.63) is 60.8 Å². The van der Waals surface area contributed by atoms with Crippen LogP contribution in [0.1, 0.15) is 380 Å². The van der Waals surface area contributed by atoms with Gasteiger partial charge in [0.1, 0.15) is 13.2 Å². The minimum absolute atomic E-state index is 0.0672. The molecule has 0 aromatic carbocycles. The smallest absolute Gasteiger partial charge is 0.306 e. The van der Waals surface area contributed by atoms with Gasteiger partial charge in [0, 0.05) is 19.3 Å². The second-order valence-electron chi connectivity index (χ2n) is 24.1. The van der Waals surface area contributed by atoms with Crippen LogP contribution in [0.4, 0.5) is 0 Å². The van der Waals surface area contributed by atoms with E-state index in [2.05, 4.69) is 81.5 Å². The second kappa shape index (κ2) is 69.6. The molecule has 0 saturated heterocycles. The average Bonchev–Trinajstić information content (AvgIpc) is 3.47. The fraction of sp³-hybridized carbons (Fsp3) is 0.827.